The minimum Gasteiger partial charge on any atom is -0.382 e. The molecule has 0 amide bonds. The van der Waals surface area contributed by atoms with Crippen molar-refractivity contribution in [3.05, 3.63) is 24.0 Å². The third kappa shape index (κ3) is 4.18. The number of halogens is 1. The van der Waals surface area contributed by atoms with Crippen molar-refractivity contribution in [3.63, 3.8) is 0 Å². The summed E-state index contributed by atoms with van der Waals surface area (Å²) in [6.07, 6.45) is 1.97. The van der Waals surface area contributed by atoms with Crippen molar-refractivity contribution in [2.75, 3.05) is 18.1 Å². The van der Waals surface area contributed by atoms with E-state index in [1.54, 1.807) is 11.8 Å². The van der Waals surface area contributed by atoms with Crippen LogP contribution >= 0.6 is 11.8 Å². The highest BCUT2D eigenvalue weighted by Gasteiger charge is 2.11. The van der Waals surface area contributed by atoms with E-state index in [-0.39, 0.29) is 10.6 Å². The summed E-state index contributed by atoms with van der Waals surface area (Å²) in [5, 5.41) is 8.15. The number of benzene rings is 1. The lowest BCUT2D eigenvalue weighted by Gasteiger charge is -2.12. The summed E-state index contributed by atoms with van der Waals surface area (Å²) in [5.74, 6) is -0.621. The van der Waals surface area contributed by atoms with Gasteiger partial charge in [-0.15, -0.1) is 0 Å². The number of anilines is 1. The molecule has 0 bridgehead atoms. The first-order chi connectivity index (χ1) is 7.84. The highest BCUT2D eigenvalue weighted by molar-refractivity contribution is 7.99. The Bertz CT molecular complexity index is 491. The van der Waals surface area contributed by atoms with E-state index in [2.05, 4.69) is 5.32 Å². The number of thioether (sulfide) groups is 1. The van der Waals surface area contributed by atoms with Crippen LogP contribution in [0.5, 0.6) is 0 Å². The number of sulfonamides is 1. The number of hydrogen-bond donors (Lipinski definition) is 2. The molecule has 0 fully saturated rings. The summed E-state index contributed by atoms with van der Waals surface area (Å²) in [5.41, 5.74) is 0.276. The molecule has 0 aromatic heterocycles. The minimum absolute atomic E-state index is 0.224. The molecule has 0 saturated heterocycles. The SMILES string of the molecule is CSC(C)CNc1ccc(S(N)(=O)=O)cc1F. The van der Waals surface area contributed by atoms with Crippen molar-refractivity contribution < 1.29 is 12.8 Å². The molecular weight excluding hydrogens is 263 g/mol. The standard InChI is InChI=1S/C10H15FN2O2S2/c1-7(16-2)6-13-10-4-3-8(5-9(10)11)17(12,14)15/h3-5,7,13H,6H2,1-2H3,(H2,12,14,15). The summed E-state index contributed by atoms with van der Waals surface area (Å²) >= 11 is 1.66. The van der Waals surface area contributed by atoms with Crippen molar-refractivity contribution in [1.29, 1.82) is 0 Å². The largest absolute Gasteiger partial charge is 0.382 e. The maximum absolute atomic E-state index is 13.5. The van der Waals surface area contributed by atoms with E-state index in [9.17, 15) is 12.8 Å². The molecule has 0 spiro atoms. The van der Waals surface area contributed by atoms with Crippen LogP contribution in [0.3, 0.4) is 0 Å². The molecule has 0 aliphatic heterocycles. The van der Waals surface area contributed by atoms with Gasteiger partial charge >= 0.3 is 0 Å². The Labute approximate surface area is 105 Å². The Balaban J connectivity index is 2.84. The van der Waals surface area contributed by atoms with Crippen LogP contribution in [0.1, 0.15) is 6.92 Å². The van der Waals surface area contributed by atoms with Gasteiger partial charge in [0.15, 0.2) is 0 Å². The average Bonchev–Trinajstić information content (AvgIpc) is 2.25. The van der Waals surface area contributed by atoms with Gasteiger partial charge in [0.25, 0.3) is 0 Å². The number of nitrogens with two attached hydrogens (primary N) is 1. The summed E-state index contributed by atoms with van der Waals surface area (Å²) in [6.45, 7) is 2.61. The number of nitrogens with one attached hydrogen (secondary N) is 1. The summed E-state index contributed by atoms with van der Waals surface area (Å²) in [4.78, 5) is -0.224. The van der Waals surface area contributed by atoms with E-state index < -0.39 is 15.8 Å². The average molecular weight is 278 g/mol. The maximum Gasteiger partial charge on any atom is 0.238 e. The Kier molecular flexibility index (Phi) is 4.79. The van der Waals surface area contributed by atoms with Gasteiger partial charge in [0, 0.05) is 11.8 Å². The maximum atomic E-state index is 13.5. The fourth-order valence-corrected chi connectivity index (χ4v) is 1.93. The molecule has 0 saturated carbocycles. The lowest BCUT2D eigenvalue weighted by atomic mass is 10.3. The Morgan fingerprint density at radius 1 is 1.53 bits per heavy atom. The first kappa shape index (κ1) is 14.3. The van der Waals surface area contributed by atoms with Gasteiger partial charge in [0.1, 0.15) is 5.82 Å². The summed E-state index contributed by atoms with van der Waals surface area (Å²) < 4.78 is 35.5. The van der Waals surface area contributed by atoms with Gasteiger partial charge in [0.05, 0.1) is 10.6 Å². The van der Waals surface area contributed by atoms with Gasteiger partial charge in [-0.3, -0.25) is 0 Å². The second-order valence-corrected chi connectivity index (χ2v) is 6.45. The molecule has 17 heavy (non-hydrogen) atoms. The first-order valence-electron chi connectivity index (χ1n) is 4.93. The van der Waals surface area contributed by atoms with Crippen LogP contribution in [0, 0.1) is 5.82 Å². The molecule has 1 aromatic rings. The highest BCUT2D eigenvalue weighted by atomic mass is 32.2. The van der Waals surface area contributed by atoms with Crippen LogP contribution in [-0.2, 0) is 10.0 Å². The van der Waals surface area contributed by atoms with E-state index >= 15 is 0 Å². The zero-order valence-corrected chi connectivity index (χ0v) is 11.2. The third-order valence-electron chi connectivity index (χ3n) is 2.25. The molecule has 0 aliphatic carbocycles. The lowest BCUT2D eigenvalue weighted by Crippen LogP contribution is -2.15. The molecule has 0 heterocycles. The lowest BCUT2D eigenvalue weighted by molar-refractivity contribution is 0.593. The van der Waals surface area contributed by atoms with Gasteiger partial charge in [-0.05, 0) is 24.5 Å². The first-order valence-corrected chi connectivity index (χ1v) is 7.77. The van der Waals surface area contributed by atoms with Gasteiger partial charge in [-0.2, -0.15) is 11.8 Å². The Morgan fingerprint density at radius 2 is 2.18 bits per heavy atom. The predicted octanol–water partition coefficient (Wildman–Crippen LogP) is 1.64. The van der Waals surface area contributed by atoms with E-state index in [1.165, 1.54) is 12.1 Å². The minimum atomic E-state index is -3.85. The Morgan fingerprint density at radius 3 is 2.65 bits per heavy atom. The van der Waals surface area contributed by atoms with E-state index in [4.69, 9.17) is 5.14 Å². The Hall–Kier alpha value is -0.790. The van der Waals surface area contributed by atoms with Crippen LogP contribution in [0.4, 0.5) is 10.1 Å². The second-order valence-electron chi connectivity index (χ2n) is 3.61. The topological polar surface area (TPSA) is 72.2 Å². The van der Waals surface area contributed by atoms with Crippen LogP contribution in [-0.4, -0.2) is 26.5 Å². The molecule has 1 unspecified atom stereocenters. The zero-order valence-electron chi connectivity index (χ0n) is 9.60. The van der Waals surface area contributed by atoms with Gasteiger partial charge in [-0.25, -0.2) is 17.9 Å². The van der Waals surface area contributed by atoms with Gasteiger partial charge < -0.3 is 5.32 Å². The predicted molar refractivity (Wildman–Crippen MR) is 69.2 cm³/mol. The zero-order chi connectivity index (χ0) is 13.1. The van der Waals surface area contributed by atoms with Crippen LogP contribution in [0.15, 0.2) is 23.1 Å². The molecule has 1 atom stereocenters. The fraction of sp³-hybridized carbons (Fsp3) is 0.400. The van der Waals surface area contributed by atoms with Crippen molar-refractivity contribution in [1.82, 2.24) is 0 Å². The number of primary sulfonamides is 1. The molecule has 96 valence electrons. The van der Waals surface area contributed by atoms with E-state index in [0.717, 1.165) is 6.07 Å². The summed E-state index contributed by atoms with van der Waals surface area (Å²) in [6, 6.07) is 3.58. The van der Waals surface area contributed by atoms with Crippen molar-refractivity contribution in [2.45, 2.75) is 17.1 Å². The molecule has 1 aromatic carbocycles. The molecule has 1 rings (SSSR count). The van der Waals surface area contributed by atoms with E-state index in [1.807, 2.05) is 13.2 Å². The monoisotopic (exact) mass is 278 g/mol. The molecule has 3 N–H and O–H groups in total. The summed E-state index contributed by atoms with van der Waals surface area (Å²) in [7, 11) is -3.85. The number of hydrogen-bond acceptors (Lipinski definition) is 4. The van der Waals surface area contributed by atoms with Crippen LogP contribution in [0.2, 0.25) is 0 Å². The van der Waals surface area contributed by atoms with Crippen LogP contribution in [0.25, 0.3) is 0 Å². The van der Waals surface area contributed by atoms with Crippen molar-refractivity contribution in [3.8, 4) is 0 Å². The molecule has 0 radical (unpaired) electrons. The van der Waals surface area contributed by atoms with Crippen LogP contribution < -0.4 is 10.5 Å². The normalized spacial score (nSPS) is 13.4. The molecule has 4 nitrogen and oxygen atoms in total. The number of rotatable bonds is 5. The molecule has 7 heteroatoms. The second kappa shape index (κ2) is 5.70. The van der Waals surface area contributed by atoms with Gasteiger partial charge in [0.2, 0.25) is 10.0 Å². The molecule has 0 aliphatic rings. The quantitative estimate of drug-likeness (QED) is 0.859. The van der Waals surface area contributed by atoms with Crippen molar-refractivity contribution in [2.24, 2.45) is 5.14 Å². The highest BCUT2D eigenvalue weighted by Crippen LogP contribution is 2.18. The van der Waals surface area contributed by atoms with Gasteiger partial charge in [-0.1, -0.05) is 6.92 Å². The smallest absolute Gasteiger partial charge is 0.238 e. The molecular formula is C10H15FN2O2S2. The van der Waals surface area contributed by atoms with E-state index in [0.29, 0.717) is 11.8 Å². The third-order valence-corrected chi connectivity index (χ3v) is 4.13. The fourth-order valence-electron chi connectivity index (χ4n) is 1.15. The van der Waals surface area contributed by atoms with Crippen molar-refractivity contribution >= 4 is 27.5 Å².